The molecule has 4 rings (SSSR count). The highest BCUT2D eigenvalue weighted by Gasteiger charge is 2.12. The zero-order chi connectivity index (χ0) is 23.9. The summed E-state index contributed by atoms with van der Waals surface area (Å²) in [5.41, 5.74) is 5.32. The molecular formula is C26H26B2N2O4+2. The van der Waals surface area contributed by atoms with E-state index in [4.69, 9.17) is 0 Å². The monoisotopic (exact) mass is 452 g/mol. The van der Waals surface area contributed by atoms with Gasteiger partial charge in [-0.05, 0) is 22.1 Å². The van der Waals surface area contributed by atoms with Crippen LogP contribution in [0.1, 0.15) is 22.3 Å². The van der Waals surface area contributed by atoms with Crippen molar-refractivity contribution in [3.05, 3.63) is 120 Å². The molecule has 0 aliphatic rings. The molecule has 0 aliphatic carbocycles. The van der Waals surface area contributed by atoms with Crippen molar-refractivity contribution in [2.24, 2.45) is 0 Å². The van der Waals surface area contributed by atoms with Crippen molar-refractivity contribution >= 4 is 37.3 Å². The van der Waals surface area contributed by atoms with Gasteiger partial charge in [0.05, 0.1) is 0 Å². The quantitative estimate of drug-likeness (QED) is 0.222. The van der Waals surface area contributed by atoms with Gasteiger partial charge in [0.15, 0.2) is 37.9 Å². The van der Waals surface area contributed by atoms with E-state index < -0.39 is 14.2 Å². The van der Waals surface area contributed by atoms with Gasteiger partial charge in [-0.1, -0.05) is 60.7 Å². The summed E-state index contributed by atoms with van der Waals surface area (Å²) in [6.07, 6.45) is 12.2. The van der Waals surface area contributed by atoms with Gasteiger partial charge in [-0.2, -0.15) is 0 Å². The van der Waals surface area contributed by atoms with Crippen molar-refractivity contribution < 1.29 is 29.2 Å². The SMILES string of the molecule is OB(O)c1ccc(C[n+]2ccc(/C=C/c3cc[n+](Cc4ccc(B(O)O)cc4)cc3)cc2)cc1. The van der Waals surface area contributed by atoms with Gasteiger partial charge in [0.2, 0.25) is 0 Å². The van der Waals surface area contributed by atoms with Crippen molar-refractivity contribution in [1.82, 2.24) is 0 Å². The normalized spacial score (nSPS) is 11.1. The van der Waals surface area contributed by atoms with Crippen LogP contribution in [0.4, 0.5) is 0 Å². The molecule has 0 amide bonds. The van der Waals surface area contributed by atoms with Gasteiger partial charge in [-0.3, -0.25) is 0 Å². The van der Waals surface area contributed by atoms with E-state index in [1.165, 1.54) is 0 Å². The number of aromatic nitrogens is 2. The van der Waals surface area contributed by atoms with E-state index in [2.05, 4.69) is 45.6 Å². The van der Waals surface area contributed by atoms with Gasteiger partial charge < -0.3 is 20.1 Å². The van der Waals surface area contributed by atoms with E-state index in [1.807, 2.05) is 49.1 Å². The highest BCUT2D eigenvalue weighted by Crippen LogP contribution is 2.06. The summed E-state index contributed by atoms with van der Waals surface area (Å²) >= 11 is 0. The second kappa shape index (κ2) is 11.0. The van der Waals surface area contributed by atoms with Gasteiger partial charge in [0, 0.05) is 35.4 Å². The summed E-state index contributed by atoms with van der Waals surface area (Å²) in [4.78, 5) is 0. The molecule has 0 spiro atoms. The average Bonchev–Trinajstić information content (AvgIpc) is 2.85. The van der Waals surface area contributed by atoms with Crippen molar-refractivity contribution in [2.75, 3.05) is 0 Å². The summed E-state index contributed by atoms with van der Waals surface area (Å²) in [5.74, 6) is 0. The molecule has 34 heavy (non-hydrogen) atoms. The molecule has 0 bridgehead atoms. The molecule has 0 fully saturated rings. The Bertz CT molecular complexity index is 1130. The molecule has 0 saturated carbocycles. The number of hydrogen-bond donors (Lipinski definition) is 4. The fraction of sp³-hybridized carbons (Fsp3) is 0.0769. The maximum atomic E-state index is 9.19. The standard InChI is InChI=1S/C26H26B2N2O4/c31-27(32)25-7-3-23(4-8-25)19-29-15-11-21(12-16-29)1-2-22-13-17-30(18-14-22)20-24-5-9-26(10-6-24)28(33)34/h1-18,31-34H,19-20H2/q+2/b2-1+. The van der Waals surface area contributed by atoms with Crippen LogP contribution in [0.15, 0.2) is 97.6 Å². The average molecular weight is 452 g/mol. The summed E-state index contributed by atoms with van der Waals surface area (Å²) < 4.78 is 4.14. The van der Waals surface area contributed by atoms with E-state index in [9.17, 15) is 20.1 Å². The van der Waals surface area contributed by atoms with Crippen molar-refractivity contribution in [1.29, 1.82) is 0 Å². The molecule has 0 atom stereocenters. The van der Waals surface area contributed by atoms with E-state index in [1.54, 1.807) is 24.3 Å². The Morgan fingerprint density at radius 3 is 1.12 bits per heavy atom. The summed E-state index contributed by atoms with van der Waals surface area (Å²) in [5, 5.41) is 36.8. The number of nitrogens with zero attached hydrogens (tertiary/aromatic N) is 2. The summed E-state index contributed by atoms with van der Waals surface area (Å²) in [6.45, 7) is 1.40. The highest BCUT2D eigenvalue weighted by molar-refractivity contribution is 6.58. The molecule has 2 aromatic heterocycles. The number of rotatable bonds is 8. The van der Waals surface area contributed by atoms with E-state index in [-0.39, 0.29) is 0 Å². The first-order valence-electron chi connectivity index (χ1n) is 11.0. The molecule has 0 unspecified atom stereocenters. The molecule has 168 valence electrons. The third-order valence-electron chi connectivity index (χ3n) is 5.59. The van der Waals surface area contributed by atoms with Crippen molar-refractivity contribution in [2.45, 2.75) is 13.1 Å². The van der Waals surface area contributed by atoms with Gasteiger partial charge >= 0.3 is 14.2 Å². The predicted octanol–water partition coefficient (Wildman–Crippen LogP) is -0.112. The Hall–Kier alpha value is -3.55. The maximum Gasteiger partial charge on any atom is 0.488 e. The van der Waals surface area contributed by atoms with Crippen molar-refractivity contribution in [3.63, 3.8) is 0 Å². The lowest BCUT2D eigenvalue weighted by atomic mass is 9.80. The minimum absolute atomic E-state index is 0.484. The fourth-order valence-corrected chi connectivity index (χ4v) is 3.58. The second-order valence-corrected chi connectivity index (χ2v) is 8.17. The molecule has 2 heterocycles. The summed E-state index contributed by atoms with van der Waals surface area (Å²) in [7, 11) is -2.88. The van der Waals surface area contributed by atoms with E-state index in [0.29, 0.717) is 24.0 Å². The lowest BCUT2D eigenvalue weighted by molar-refractivity contribution is -0.688. The third-order valence-corrected chi connectivity index (χ3v) is 5.59. The Morgan fingerprint density at radius 2 is 0.824 bits per heavy atom. The maximum absolute atomic E-state index is 9.19. The molecule has 6 nitrogen and oxygen atoms in total. The van der Waals surface area contributed by atoms with Crippen LogP contribution in [-0.4, -0.2) is 34.3 Å². The van der Waals surface area contributed by atoms with Gasteiger partial charge in [-0.25, -0.2) is 9.13 Å². The molecular weight excluding hydrogens is 426 g/mol. The first-order valence-corrected chi connectivity index (χ1v) is 11.0. The molecule has 2 aromatic carbocycles. The van der Waals surface area contributed by atoms with Gasteiger partial charge in [-0.15, -0.1) is 0 Å². The topological polar surface area (TPSA) is 88.7 Å². The molecule has 4 aromatic rings. The lowest BCUT2D eigenvalue weighted by Gasteiger charge is -2.02. The number of hydrogen-bond acceptors (Lipinski definition) is 4. The number of benzene rings is 2. The minimum atomic E-state index is -1.44. The first kappa shape index (κ1) is 23.6. The predicted molar refractivity (Wildman–Crippen MR) is 133 cm³/mol. The van der Waals surface area contributed by atoms with Crippen LogP contribution in [-0.2, 0) is 13.1 Å². The van der Waals surface area contributed by atoms with Crippen LogP contribution >= 0.6 is 0 Å². The minimum Gasteiger partial charge on any atom is -0.423 e. The van der Waals surface area contributed by atoms with Crippen LogP contribution in [0.3, 0.4) is 0 Å². The van der Waals surface area contributed by atoms with Crippen molar-refractivity contribution in [3.8, 4) is 0 Å². The van der Waals surface area contributed by atoms with E-state index >= 15 is 0 Å². The molecule has 0 radical (unpaired) electrons. The Labute approximate surface area is 199 Å². The largest absolute Gasteiger partial charge is 0.488 e. The smallest absolute Gasteiger partial charge is 0.423 e. The van der Waals surface area contributed by atoms with Gasteiger partial charge in [0.25, 0.3) is 0 Å². The van der Waals surface area contributed by atoms with E-state index in [0.717, 1.165) is 22.3 Å². The molecule has 0 aliphatic heterocycles. The van der Waals surface area contributed by atoms with Crippen LogP contribution in [0.5, 0.6) is 0 Å². The molecule has 4 N–H and O–H groups in total. The Morgan fingerprint density at radius 1 is 0.500 bits per heavy atom. The summed E-state index contributed by atoms with van der Waals surface area (Å²) in [6, 6.07) is 22.7. The Balaban J connectivity index is 1.33. The Kier molecular flexibility index (Phi) is 7.67. The number of pyridine rings is 2. The molecule has 0 saturated heterocycles. The lowest BCUT2D eigenvalue weighted by Crippen LogP contribution is -2.34. The molecule has 8 heteroatoms. The van der Waals surface area contributed by atoms with Crippen LogP contribution < -0.4 is 20.1 Å². The third kappa shape index (κ3) is 6.50. The highest BCUT2D eigenvalue weighted by atomic mass is 16.4. The zero-order valence-corrected chi connectivity index (χ0v) is 18.6. The zero-order valence-electron chi connectivity index (χ0n) is 18.6. The first-order chi connectivity index (χ1) is 16.5. The van der Waals surface area contributed by atoms with Crippen LogP contribution in [0.2, 0.25) is 0 Å². The van der Waals surface area contributed by atoms with Crippen LogP contribution in [0, 0.1) is 0 Å². The van der Waals surface area contributed by atoms with Gasteiger partial charge in [0.1, 0.15) is 0 Å². The second-order valence-electron chi connectivity index (χ2n) is 8.17. The fourth-order valence-electron chi connectivity index (χ4n) is 3.58. The van der Waals surface area contributed by atoms with Crippen LogP contribution in [0.25, 0.3) is 12.2 Å².